The Balaban J connectivity index is 1.35. The number of aliphatic imine (C=N–C) groups is 1. The Morgan fingerprint density at radius 2 is 1.40 bits per heavy atom. The molecule has 0 fully saturated rings. The molecule has 1 heterocycles. The molecule has 5 aromatic rings. The standard InChI is InChI=1S/C44H50FN7O8S3/c1-28-24-38(60-4)29(2)30(3)40(28)63(58,59)52-44(46)48-21-11-16-35(39(53)43-47-22-23-61-43)49-41(54)36(25-32-17-19-34(45)20-18-32)50-42(55)37(26-31-12-7-5-8-13-31)51-62(56,57)27-33-14-9-6-10-15-33/h5-10,12-15,17-20,22-24,35-37,51H,11,16,21,25-27H2,1-4H3,(H,49,54)(H,50,55)(H3,46,48,52)/t35-,36-,37+/m0/s1. The van der Waals surface area contributed by atoms with E-state index in [0.717, 1.165) is 11.3 Å². The van der Waals surface area contributed by atoms with Crippen molar-refractivity contribution in [3.8, 4) is 5.75 Å². The molecule has 63 heavy (non-hydrogen) atoms. The highest BCUT2D eigenvalue weighted by atomic mass is 32.2. The van der Waals surface area contributed by atoms with E-state index in [2.05, 4.69) is 30.1 Å². The first-order valence-corrected chi connectivity index (χ1v) is 23.8. The molecule has 0 aliphatic carbocycles. The lowest BCUT2D eigenvalue weighted by Gasteiger charge is -2.25. The highest BCUT2D eigenvalue weighted by molar-refractivity contribution is 7.90. The summed E-state index contributed by atoms with van der Waals surface area (Å²) in [7, 11) is -6.75. The minimum Gasteiger partial charge on any atom is -0.496 e. The van der Waals surface area contributed by atoms with Crippen LogP contribution in [0.3, 0.4) is 0 Å². The number of methoxy groups -OCH3 is 1. The Kier molecular flexibility index (Phi) is 16.7. The van der Waals surface area contributed by atoms with Gasteiger partial charge in [0.25, 0.3) is 10.0 Å². The number of carbonyl (C=O) groups is 3. The quantitative estimate of drug-likeness (QED) is 0.0301. The Bertz CT molecular complexity index is 2620. The molecule has 0 saturated carbocycles. The van der Waals surface area contributed by atoms with Crippen molar-refractivity contribution in [1.29, 1.82) is 0 Å². The Morgan fingerprint density at radius 1 is 0.810 bits per heavy atom. The van der Waals surface area contributed by atoms with Gasteiger partial charge in [0.15, 0.2) is 5.01 Å². The molecule has 15 nitrogen and oxygen atoms in total. The lowest BCUT2D eigenvalue weighted by atomic mass is 10.0. The van der Waals surface area contributed by atoms with Gasteiger partial charge in [-0.1, -0.05) is 72.8 Å². The third-order valence-corrected chi connectivity index (χ3v) is 13.8. The first-order chi connectivity index (χ1) is 30.0. The Morgan fingerprint density at radius 3 is 2.02 bits per heavy atom. The normalized spacial score (nSPS) is 13.4. The fraction of sp³-hybridized carbons (Fsp3) is 0.295. The van der Waals surface area contributed by atoms with Crippen LogP contribution in [-0.4, -0.2) is 77.2 Å². The molecule has 0 radical (unpaired) electrons. The number of benzene rings is 4. The topological polar surface area (TPSA) is 228 Å². The molecule has 1 aromatic heterocycles. The number of Topliss-reactive ketones (excluding diaryl/α,β-unsaturated/α-hetero) is 1. The number of hydrogen-bond donors (Lipinski definition) is 5. The summed E-state index contributed by atoms with van der Waals surface area (Å²) in [5.41, 5.74) is 9.21. The molecule has 4 aromatic carbocycles. The highest BCUT2D eigenvalue weighted by Gasteiger charge is 2.32. The molecule has 0 spiro atoms. The number of ether oxygens (including phenoxy) is 1. The van der Waals surface area contributed by atoms with E-state index in [9.17, 15) is 35.6 Å². The molecule has 0 bridgehead atoms. The maximum atomic E-state index is 14.3. The van der Waals surface area contributed by atoms with Crippen LogP contribution in [0.15, 0.2) is 112 Å². The van der Waals surface area contributed by atoms with Crippen LogP contribution in [-0.2, 0) is 48.2 Å². The molecular weight excluding hydrogens is 870 g/mol. The number of nitrogens with two attached hydrogens (primary N) is 1. The van der Waals surface area contributed by atoms with Crippen LogP contribution in [0.25, 0.3) is 0 Å². The highest BCUT2D eigenvalue weighted by Crippen LogP contribution is 2.30. The SMILES string of the molecule is COc1cc(C)c(S(=O)(=O)NC(N)=NCCC[C@H](NC(=O)[C@H](Cc2ccc(F)cc2)NC(=O)[C@@H](Cc2ccccc2)NS(=O)(=O)Cc2ccccc2)C(=O)c2nccs2)c(C)c1C. The number of halogens is 1. The van der Waals surface area contributed by atoms with Crippen LogP contribution in [0, 0.1) is 26.6 Å². The van der Waals surface area contributed by atoms with Crippen molar-refractivity contribution in [3.05, 3.63) is 147 Å². The van der Waals surface area contributed by atoms with Crippen LogP contribution in [0.1, 0.15) is 56.0 Å². The summed E-state index contributed by atoms with van der Waals surface area (Å²) in [6.45, 7) is 4.99. The maximum Gasteiger partial charge on any atom is 0.264 e. The number of nitrogens with zero attached hydrogens (tertiary/aromatic N) is 2. The van der Waals surface area contributed by atoms with Crippen LogP contribution < -0.4 is 30.5 Å². The second kappa shape index (κ2) is 21.9. The molecule has 6 N–H and O–H groups in total. The molecule has 0 unspecified atom stereocenters. The van der Waals surface area contributed by atoms with Crippen molar-refractivity contribution >= 4 is 54.9 Å². The zero-order chi connectivity index (χ0) is 45.7. The van der Waals surface area contributed by atoms with Gasteiger partial charge in [0.05, 0.1) is 23.8 Å². The summed E-state index contributed by atoms with van der Waals surface area (Å²) in [4.78, 5) is 50.5. The van der Waals surface area contributed by atoms with E-state index in [4.69, 9.17) is 10.5 Å². The number of amides is 2. The minimum atomic E-state index is -4.15. The fourth-order valence-electron chi connectivity index (χ4n) is 6.83. The smallest absolute Gasteiger partial charge is 0.264 e. The number of sulfonamides is 2. The molecule has 5 rings (SSSR count). The predicted octanol–water partition coefficient (Wildman–Crippen LogP) is 4.42. The van der Waals surface area contributed by atoms with Gasteiger partial charge in [0.2, 0.25) is 33.6 Å². The average Bonchev–Trinajstić information content (AvgIpc) is 3.79. The van der Waals surface area contributed by atoms with E-state index in [-0.39, 0.29) is 48.1 Å². The molecule has 0 aliphatic heterocycles. The predicted molar refractivity (Wildman–Crippen MR) is 240 cm³/mol. The van der Waals surface area contributed by atoms with Gasteiger partial charge in [-0.05, 0) is 91.6 Å². The lowest BCUT2D eigenvalue weighted by molar-refractivity contribution is -0.130. The van der Waals surface area contributed by atoms with Gasteiger partial charge in [-0.3, -0.25) is 19.4 Å². The number of hydrogen-bond acceptors (Lipinski definition) is 11. The van der Waals surface area contributed by atoms with E-state index in [1.165, 1.54) is 37.6 Å². The average molecular weight is 920 g/mol. The van der Waals surface area contributed by atoms with Gasteiger partial charge in [-0.2, -0.15) is 0 Å². The number of aromatic nitrogens is 1. The molecule has 3 atom stereocenters. The molecular formula is C44H50FN7O8S3. The van der Waals surface area contributed by atoms with Crippen molar-refractivity contribution in [1.82, 2.24) is 25.1 Å². The van der Waals surface area contributed by atoms with E-state index in [0.29, 0.717) is 39.1 Å². The van der Waals surface area contributed by atoms with Crippen LogP contribution in [0.2, 0.25) is 0 Å². The molecule has 334 valence electrons. The Labute approximate surface area is 370 Å². The Hall–Kier alpha value is -6.02. The number of guanidine groups is 1. The van der Waals surface area contributed by atoms with Crippen molar-refractivity contribution in [3.63, 3.8) is 0 Å². The van der Waals surface area contributed by atoms with Gasteiger partial charge in [0.1, 0.15) is 23.7 Å². The summed E-state index contributed by atoms with van der Waals surface area (Å²) < 4.78 is 77.8. The number of thiazole rings is 1. The number of rotatable bonds is 21. The molecule has 0 saturated heterocycles. The van der Waals surface area contributed by atoms with Crippen molar-refractivity contribution in [2.24, 2.45) is 10.7 Å². The van der Waals surface area contributed by atoms with E-state index < -0.39 is 67.3 Å². The third kappa shape index (κ3) is 13.7. The van der Waals surface area contributed by atoms with Crippen LogP contribution in [0.5, 0.6) is 5.75 Å². The van der Waals surface area contributed by atoms with Gasteiger partial charge >= 0.3 is 0 Å². The second-order valence-electron chi connectivity index (χ2n) is 14.7. The minimum absolute atomic E-state index is 0.00327. The van der Waals surface area contributed by atoms with E-state index in [1.807, 2.05) is 0 Å². The second-order valence-corrected chi connectivity index (χ2v) is 19.0. The molecule has 2 amide bonds. The lowest BCUT2D eigenvalue weighted by Crippen LogP contribution is -2.57. The summed E-state index contributed by atoms with van der Waals surface area (Å²) >= 11 is 1.06. The zero-order valence-corrected chi connectivity index (χ0v) is 37.6. The van der Waals surface area contributed by atoms with Crippen molar-refractivity contribution in [2.45, 2.75) is 75.2 Å². The first-order valence-electron chi connectivity index (χ1n) is 19.8. The summed E-state index contributed by atoms with van der Waals surface area (Å²) in [5, 5.41) is 7.13. The number of nitrogens with one attached hydrogen (secondary N) is 4. The van der Waals surface area contributed by atoms with E-state index >= 15 is 0 Å². The number of aryl methyl sites for hydroxylation is 1. The van der Waals surface area contributed by atoms with Crippen molar-refractivity contribution in [2.75, 3.05) is 13.7 Å². The monoisotopic (exact) mass is 919 g/mol. The molecule has 0 aliphatic rings. The first kappa shape index (κ1) is 48.0. The largest absolute Gasteiger partial charge is 0.496 e. The van der Waals surface area contributed by atoms with E-state index in [1.54, 1.807) is 92.9 Å². The summed E-state index contributed by atoms with van der Waals surface area (Å²) in [5.74, 6) is -2.91. The van der Waals surface area contributed by atoms with Gasteiger partial charge in [-0.25, -0.2) is 35.7 Å². The third-order valence-electron chi connectivity index (χ3n) is 10.0. The van der Waals surface area contributed by atoms with Crippen LogP contribution >= 0.6 is 11.3 Å². The number of ketones is 1. The van der Waals surface area contributed by atoms with Crippen LogP contribution in [0.4, 0.5) is 4.39 Å². The van der Waals surface area contributed by atoms with Crippen molar-refractivity contribution < 1.29 is 40.3 Å². The summed E-state index contributed by atoms with van der Waals surface area (Å²) in [6.07, 6.45) is 1.36. The van der Waals surface area contributed by atoms with Gasteiger partial charge in [-0.15, -0.1) is 11.3 Å². The van der Waals surface area contributed by atoms with Gasteiger partial charge < -0.3 is 21.1 Å². The number of carbonyl (C=O) groups excluding carboxylic acids is 3. The molecule has 19 heteroatoms. The fourth-order valence-corrected chi connectivity index (χ4v) is 10.3. The van der Waals surface area contributed by atoms with Gasteiger partial charge in [0, 0.05) is 24.5 Å². The zero-order valence-electron chi connectivity index (χ0n) is 35.1. The summed E-state index contributed by atoms with van der Waals surface area (Å²) in [6, 6.07) is 20.2. The maximum absolute atomic E-state index is 14.3.